The maximum absolute atomic E-state index is 10.8. The molecule has 1 aromatic carbocycles. The third-order valence-corrected chi connectivity index (χ3v) is 3.75. The van der Waals surface area contributed by atoms with E-state index in [1.807, 2.05) is 0 Å². The SMILES string of the molecule is Cc1c([N+](=O)[O-])cnn1Cc1nc(-c2ccc(Cl)cc2Cl)no1. The zero-order chi connectivity index (χ0) is 16.6. The van der Waals surface area contributed by atoms with Crippen LogP contribution in [0.4, 0.5) is 5.69 Å². The molecule has 0 N–H and O–H groups in total. The summed E-state index contributed by atoms with van der Waals surface area (Å²) < 4.78 is 6.57. The Labute approximate surface area is 139 Å². The van der Waals surface area contributed by atoms with E-state index in [1.165, 1.54) is 10.9 Å². The van der Waals surface area contributed by atoms with Crippen molar-refractivity contribution in [3.05, 3.63) is 56.1 Å². The molecular weight excluding hydrogens is 345 g/mol. The fourth-order valence-electron chi connectivity index (χ4n) is 2.00. The molecule has 0 aliphatic heterocycles. The zero-order valence-electron chi connectivity index (χ0n) is 11.7. The molecule has 0 aliphatic carbocycles. The molecule has 23 heavy (non-hydrogen) atoms. The Morgan fingerprint density at radius 1 is 1.39 bits per heavy atom. The minimum atomic E-state index is -0.494. The van der Waals surface area contributed by atoms with Crippen molar-refractivity contribution in [1.82, 2.24) is 19.9 Å². The number of benzene rings is 1. The third-order valence-electron chi connectivity index (χ3n) is 3.20. The highest BCUT2D eigenvalue weighted by molar-refractivity contribution is 6.36. The van der Waals surface area contributed by atoms with Crippen molar-refractivity contribution in [2.45, 2.75) is 13.5 Å². The summed E-state index contributed by atoms with van der Waals surface area (Å²) in [5.41, 5.74) is 0.916. The number of rotatable bonds is 4. The minimum Gasteiger partial charge on any atom is -0.337 e. The van der Waals surface area contributed by atoms with Crippen LogP contribution < -0.4 is 0 Å². The first-order chi connectivity index (χ1) is 11.0. The molecule has 2 aromatic heterocycles. The Morgan fingerprint density at radius 3 is 2.83 bits per heavy atom. The average molecular weight is 354 g/mol. The van der Waals surface area contributed by atoms with E-state index in [9.17, 15) is 10.1 Å². The number of halogens is 2. The van der Waals surface area contributed by atoms with Crippen molar-refractivity contribution in [3.63, 3.8) is 0 Å². The number of nitrogens with zero attached hydrogens (tertiary/aromatic N) is 5. The van der Waals surface area contributed by atoms with Crippen LogP contribution in [0.3, 0.4) is 0 Å². The van der Waals surface area contributed by atoms with Gasteiger partial charge >= 0.3 is 5.69 Å². The lowest BCUT2D eigenvalue weighted by molar-refractivity contribution is -0.385. The van der Waals surface area contributed by atoms with Gasteiger partial charge in [-0.3, -0.25) is 14.8 Å². The monoisotopic (exact) mass is 353 g/mol. The minimum absolute atomic E-state index is 0.0644. The lowest BCUT2D eigenvalue weighted by atomic mass is 10.2. The molecule has 0 unspecified atom stereocenters. The highest BCUT2D eigenvalue weighted by Gasteiger charge is 2.19. The van der Waals surface area contributed by atoms with Crippen molar-refractivity contribution in [1.29, 1.82) is 0 Å². The fourth-order valence-corrected chi connectivity index (χ4v) is 2.50. The molecule has 0 fully saturated rings. The van der Waals surface area contributed by atoms with Crippen LogP contribution in [0.15, 0.2) is 28.9 Å². The van der Waals surface area contributed by atoms with Gasteiger partial charge in [0.1, 0.15) is 18.4 Å². The summed E-state index contributed by atoms with van der Waals surface area (Å²) in [5, 5.41) is 19.5. The van der Waals surface area contributed by atoms with E-state index in [4.69, 9.17) is 27.7 Å². The maximum atomic E-state index is 10.8. The van der Waals surface area contributed by atoms with Crippen LogP contribution in [-0.4, -0.2) is 24.8 Å². The van der Waals surface area contributed by atoms with Gasteiger partial charge in [0, 0.05) is 10.6 Å². The van der Waals surface area contributed by atoms with Crippen LogP contribution in [-0.2, 0) is 6.54 Å². The van der Waals surface area contributed by atoms with Gasteiger partial charge in [-0.25, -0.2) is 0 Å². The maximum Gasteiger partial charge on any atom is 0.309 e. The third kappa shape index (κ3) is 3.03. The second-order valence-electron chi connectivity index (χ2n) is 4.67. The average Bonchev–Trinajstić information content (AvgIpc) is 3.07. The zero-order valence-corrected chi connectivity index (χ0v) is 13.2. The predicted molar refractivity (Wildman–Crippen MR) is 82.5 cm³/mol. The van der Waals surface area contributed by atoms with E-state index < -0.39 is 4.92 Å². The fraction of sp³-hybridized carbons (Fsp3) is 0.154. The lowest BCUT2D eigenvalue weighted by Crippen LogP contribution is -2.04. The van der Waals surface area contributed by atoms with E-state index in [2.05, 4.69) is 15.2 Å². The van der Waals surface area contributed by atoms with Crippen molar-refractivity contribution >= 4 is 28.9 Å². The molecule has 118 valence electrons. The molecule has 10 heteroatoms. The second kappa shape index (κ2) is 5.98. The van der Waals surface area contributed by atoms with Crippen LogP contribution in [0, 0.1) is 17.0 Å². The summed E-state index contributed by atoms with van der Waals surface area (Å²) >= 11 is 11.9. The molecule has 0 amide bonds. The molecule has 0 saturated carbocycles. The first-order valence-electron chi connectivity index (χ1n) is 6.40. The van der Waals surface area contributed by atoms with Gasteiger partial charge in [0.25, 0.3) is 0 Å². The highest BCUT2D eigenvalue weighted by atomic mass is 35.5. The largest absolute Gasteiger partial charge is 0.337 e. The van der Waals surface area contributed by atoms with Crippen LogP contribution in [0.1, 0.15) is 11.6 Å². The smallest absolute Gasteiger partial charge is 0.309 e. The van der Waals surface area contributed by atoms with Gasteiger partial charge in [-0.1, -0.05) is 28.4 Å². The molecule has 3 aromatic rings. The van der Waals surface area contributed by atoms with Crippen LogP contribution >= 0.6 is 23.2 Å². The van der Waals surface area contributed by atoms with Gasteiger partial charge in [0.15, 0.2) is 0 Å². The molecular formula is C13H9Cl2N5O3. The highest BCUT2D eigenvalue weighted by Crippen LogP contribution is 2.28. The number of nitro groups is 1. The van der Waals surface area contributed by atoms with Gasteiger partial charge in [-0.05, 0) is 25.1 Å². The van der Waals surface area contributed by atoms with Crippen molar-refractivity contribution in [2.75, 3.05) is 0 Å². The van der Waals surface area contributed by atoms with E-state index in [0.29, 0.717) is 27.1 Å². The van der Waals surface area contributed by atoms with E-state index in [0.717, 1.165) is 0 Å². The Hall–Kier alpha value is -2.45. The summed E-state index contributed by atoms with van der Waals surface area (Å²) in [6.45, 7) is 1.72. The molecule has 3 rings (SSSR count). The predicted octanol–water partition coefficient (Wildman–Crippen LogP) is 3.50. The van der Waals surface area contributed by atoms with Gasteiger partial charge in [0.05, 0.1) is 9.95 Å². The molecule has 2 heterocycles. The Kier molecular flexibility index (Phi) is 4.01. The number of aromatic nitrogens is 4. The summed E-state index contributed by atoms with van der Waals surface area (Å²) in [6.07, 6.45) is 1.18. The van der Waals surface area contributed by atoms with E-state index >= 15 is 0 Å². The van der Waals surface area contributed by atoms with E-state index in [-0.39, 0.29) is 18.1 Å². The summed E-state index contributed by atoms with van der Waals surface area (Å²) in [5.74, 6) is 0.563. The van der Waals surface area contributed by atoms with Gasteiger partial charge in [0.2, 0.25) is 11.7 Å². The van der Waals surface area contributed by atoms with Gasteiger partial charge in [-0.15, -0.1) is 0 Å². The number of hydrogen-bond donors (Lipinski definition) is 0. The van der Waals surface area contributed by atoms with Crippen molar-refractivity contribution in [3.8, 4) is 11.4 Å². The molecule has 0 saturated heterocycles. The number of hydrogen-bond acceptors (Lipinski definition) is 6. The Balaban J connectivity index is 1.86. The molecule has 0 radical (unpaired) electrons. The lowest BCUT2D eigenvalue weighted by Gasteiger charge is -1.99. The van der Waals surface area contributed by atoms with Crippen LogP contribution in [0.2, 0.25) is 10.0 Å². The first-order valence-corrected chi connectivity index (χ1v) is 7.16. The standard InChI is InChI=1S/C13H9Cl2N5O3/c1-7-11(20(21)22)5-16-19(7)6-12-17-13(18-23-12)9-3-2-8(14)4-10(9)15/h2-5H,6H2,1H3. The molecule has 0 spiro atoms. The molecule has 8 nitrogen and oxygen atoms in total. The van der Waals surface area contributed by atoms with Crippen molar-refractivity contribution in [2.24, 2.45) is 0 Å². The molecule has 0 atom stereocenters. The summed E-state index contributed by atoms with van der Waals surface area (Å²) in [7, 11) is 0. The summed E-state index contributed by atoms with van der Waals surface area (Å²) in [4.78, 5) is 14.5. The van der Waals surface area contributed by atoms with Crippen LogP contribution in [0.5, 0.6) is 0 Å². The normalized spacial score (nSPS) is 10.9. The summed E-state index contributed by atoms with van der Waals surface area (Å²) in [6, 6.07) is 4.93. The van der Waals surface area contributed by atoms with Crippen LogP contribution in [0.25, 0.3) is 11.4 Å². The van der Waals surface area contributed by atoms with Gasteiger partial charge in [-0.2, -0.15) is 10.1 Å². The quantitative estimate of drug-likeness (QED) is 0.525. The second-order valence-corrected chi connectivity index (χ2v) is 5.51. The Bertz CT molecular complexity index is 890. The molecule has 0 aliphatic rings. The topological polar surface area (TPSA) is 99.9 Å². The van der Waals surface area contributed by atoms with E-state index in [1.54, 1.807) is 25.1 Å². The van der Waals surface area contributed by atoms with Gasteiger partial charge < -0.3 is 4.52 Å². The Morgan fingerprint density at radius 2 is 2.17 bits per heavy atom. The molecule has 0 bridgehead atoms. The van der Waals surface area contributed by atoms with Crippen molar-refractivity contribution < 1.29 is 9.45 Å². The first kappa shape index (κ1) is 15.4.